The van der Waals surface area contributed by atoms with Crippen LogP contribution in [0.25, 0.3) is 0 Å². The van der Waals surface area contributed by atoms with E-state index in [1.165, 1.54) is 24.8 Å². The minimum Gasteiger partial charge on any atom is -0.481 e. The van der Waals surface area contributed by atoms with Crippen molar-refractivity contribution < 1.29 is 4.74 Å². The largest absolute Gasteiger partial charge is 0.481 e. The van der Waals surface area contributed by atoms with Gasteiger partial charge in [-0.15, -0.1) is 0 Å². The van der Waals surface area contributed by atoms with E-state index >= 15 is 0 Å². The lowest BCUT2D eigenvalue weighted by molar-refractivity contribution is 0.132. The van der Waals surface area contributed by atoms with Crippen molar-refractivity contribution in [2.45, 2.75) is 38.3 Å². The summed E-state index contributed by atoms with van der Waals surface area (Å²) in [6.07, 6.45) is 6.73. The first-order chi connectivity index (χ1) is 8.85. The van der Waals surface area contributed by atoms with Crippen LogP contribution in [-0.2, 0) is 6.54 Å². The third-order valence-electron chi connectivity index (χ3n) is 3.67. The lowest BCUT2D eigenvalue weighted by Crippen LogP contribution is -2.40. The summed E-state index contributed by atoms with van der Waals surface area (Å²) in [5, 5.41) is 0. The monoisotopic (exact) mass is 249 g/mol. The highest BCUT2D eigenvalue weighted by molar-refractivity contribution is 5.25. The van der Waals surface area contributed by atoms with Gasteiger partial charge in [0.15, 0.2) is 0 Å². The smallest absolute Gasteiger partial charge is 0.217 e. The molecule has 2 N–H and O–H groups in total. The number of aromatic nitrogens is 1. The summed E-state index contributed by atoms with van der Waals surface area (Å²) in [7, 11) is 1.68. The first-order valence-electron chi connectivity index (χ1n) is 6.77. The van der Waals surface area contributed by atoms with Crippen LogP contribution >= 0.6 is 0 Å². The second-order valence-corrected chi connectivity index (χ2v) is 4.87. The summed E-state index contributed by atoms with van der Waals surface area (Å²) < 4.78 is 5.32. The molecule has 0 saturated carbocycles. The van der Waals surface area contributed by atoms with Gasteiger partial charge in [0, 0.05) is 24.3 Å². The van der Waals surface area contributed by atoms with E-state index in [-0.39, 0.29) is 0 Å². The van der Waals surface area contributed by atoms with Crippen molar-refractivity contribution in [1.29, 1.82) is 0 Å². The van der Waals surface area contributed by atoms with Crippen molar-refractivity contribution >= 4 is 0 Å². The van der Waals surface area contributed by atoms with Crippen LogP contribution in [0.5, 0.6) is 5.88 Å². The summed E-state index contributed by atoms with van der Waals surface area (Å²) in [5.41, 5.74) is 6.88. The van der Waals surface area contributed by atoms with Crippen molar-refractivity contribution in [2.75, 3.05) is 20.2 Å². The van der Waals surface area contributed by atoms with Crippen LogP contribution in [0.3, 0.4) is 0 Å². The molecule has 1 aromatic rings. The highest BCUT2D eigenvalue weighted by Gasteiger charge is 2.22. The van der Waals surface area contributed by atoms with Crippen molar-refractivity contribution in [3.63, 3.8) is 0 Å². The Labute approximate surface area is 109 Å². The van der Waals surface area contributed by atoms with Gasteiger partial charge < -0.3 is 10.5 Å². The fraction of sp³-hybridized carbons (Fsp3) is 0.643. The molecule has 4 nitrogen and oxygen atoms in total. The van der Waals surface area contributed by atoms with Crippen molar-refractivity contribution in [3.05, 3.63) is 23.9 Å². The molecule has 0 amide bonds. The van der Waals surface area contributed by atoms with Gasteiger partial charge in [0.25, 0.3) is 0 Å². The second-order valence-electron chi connectivity index (χ2n) is 4.87. The third kappa shape index (κ3) is 3.21. The summed E-state index contributed by atoms with van der Waals surface area (Å²) in [5.74, 6) is 0.745. The van der Waals surface area contributed by atoms with E-state index in [0.717, 1.165) is 31.9 Å². The molecule has 1 aliphatic rings. The number of hydrogen-bond acceptors (Lipinski definition) is 4. The predicted molar refractivity (Wildman–Crippen MR) is 72.5 cm³/mol. The molecule has 2 rings (SSSR count). The Balaban J connectivity index is 2.05. The Hall–Kier alpha value is -1.13. The second kappa shape index (κ2) is 6.71. The quantitative estimate of drug-likeness (QED) is 0.864. The fourth-order valence-corrected chi connectivity index (χ4v) is 2.73. The average molecular weight is 249 g/mol. The molecule has 1 aliphatic heterocycles. The molecule has 100 valence electrons. The molecule has 0 radical (unpaired) electrons. The zero-order valence-electron chi connectivity index (χ0n) is 11.1. The maximum atomic E-state index is 5.71. The standard InChI is InChI=1S/C14H23N3O/c1-18-14-12(5-4-9-16-14)11-17-10-3-2-6-13(17)7-8-15/h4-5,9,13H,2-3,6-8,10-11,15H2,1H3. The van der Waals surface area contributed by atoms with E-state index in [0.29, 0.717) is 6.04 Å². The molecule has 0 aromatic carbocycles. The summed E-state index contributed by atoms with van der Waals surface area (Å²) in [6, 6.07) is 4.69. The van der Waals surface area contributed by atoms with Crippen molar-refractivity contribution in [3.8, 4) is 5.88 Å². The zero-order valence-corrected chi connectivity index (χ0v) is 11.1. The van der Waals surface area contributed by atoms with E-state index in [1.807, 2.05) is 6.07 Å². The number of likely N-dealkylation sites (tertiary alicyclic amines) is 1. The Morgan fingerprint density at radius 2 is 2.39 bits per heavy atom. The van der Waals surface area contributed by atoms with Crippen LogP contribution in [-0.4, -0.2) is 36.1 Å². The molecule has 18 heavy (non-hydrogen) atoms. The summed E-state index contributed by atoms with van der Waals surface area (Å²) >= 11 is 0. The van der Waals surface area contributed by atoms with Crippen LogP contribution in [0.15, 0.2) is 18.3 Å². The highest BCUT2D eigenvalue weighted by Crippen LogP contribution is 2.24. The lowest BCUT2D eigenvalue weighted by Gasteiger charge is -2.35. The number of piperidine rings is 1. The van der Waals surface area contributed by atoms with Crippen LogP contribution in [0.2, 0.25) is 0 Å². The first-order valence-corrected chi connectivity index (χ1v) is 6.77. The SMILES string of the molecule is COc1ncccc1CN1CCCCC1CCN. The van der Waals surface area contributed by atoms with Crippen LogP contribution in [0.1, 0.15) is 31.2 Å². The maximum Gasteiger partial charge on any atom is 0.217 e. The van der Waals surface area contributed by atoms with Crippen molar-refractivity contribution in [1.82, 2.24) is 9.88 Å². The van der Waals surface area contributed by atoms with Gasteiger partial charge in [-0.3, -0.25) is 4.90 Å². The Morgan fingerprint density at radius 1 is 1.50 bits per heavy atom. The van der Waals surface area contributed by atoms with Gasteiger partial charge >= 0.3 is 0 Å². The Bertz CT molecular complexity index is 368. The van der Waals surface area contributed by atoms with E-state index < -0.39 is 0 Å². The molecule has 2 heterocycles. The summed E-state index contributed by atoms with van der Waals surface area (Å²) in [4.78, 5) is 6.78. The van der Waals surface area contributed by atoms with Gasteiger partial charge in [-0.1, -0.05) is 12.5 Å². The van der Waals surface area contributed by atoms with Gasteiger partial charge in [0.05, 0.1) is 7.11 Å². The Kier molecular flexibility index (Phi) is 4.96. The lowest BCUT2D eigenvalue weighted by atomic mass is 9.98. The normalized spacial score (nSPS) is 20.9. The van der Waals surface area contributed by atoms with Gasteiger partial charge in [-0.05, 0) is 38.4 Å². The van der Waals surface area contributed by atoms with E-state index in [4.69, 9.17) is 10.5 Å². The van der Waals surface area contributed by atoms with Gasteiger partial charge in [-0.2, -0.15) is 0 Å². The van der Waals surface area contributed by atoms with Crippen LogP contribution < -0.4 is 10.5 Å². The zero-order chi connectivity index (χ0) is 12.8. The average Bonchev–Trinajstić information content (AvgIpc) is 2.42. The van der Waals surface area contributed by atoms with E-state index in [1.54, 1.807) is 13.3 Å². The first kappa shape index (κ1) is 13.3. The number of hydrogen-bond donors (Lipinski definition) is 1. The molecule has 0 spiro atoms. The van der Waals surface area contributed by atoms with Crippen molar-refractivity contribution in [2.24, 2.45) is 5.73 Å². The summed E-state index contributed by atoms with van der Waals surface area (Å²) in [6.45, 7) is 2.84. The number of rotatable bonds is 5. The number of nitrogens with two attached hydrogens (primary N) is 1. The van der Waals surface area contributed by atoms with Gasteiger partial charge in [-0.25, -0.2) is 4.98 Å². The topological polar surface area (TPSA) is 51.4 Å². The molecule has 4 heteroatoms. The van der Waals surface area contributed by atoms with E-state index in [2.05, 4.69) is 16.0 Å². The van der Waals surface area contributed by atoms with Gasteiger partial charge in [0.2, 0.25) is 5.88 Å². The molecule has 1 fully saturated rings. The number of ether oxygens (including phenoxy) is 1. The molecular weight excluding hydrogens is 226 g/mol. The maximum absolute atomic E-state index is 5.71. The van der Waals surface area contributed by atoms with Gasteiger partial charge in [0.1, 0.15) is 0 Å². The molecule has 0 aliphatic carbocycles. The third-order valence-corrected chi connectivity index (χ3v) is 3.67. The highest BCUT2D eigenvalue weighted by atomic mass is 16.5. The van der Waals surface area contributed by atoms with Crippen LogP contribution in [0.4, 0.5) is 0 Å². The Morgan fingerprint density at radius 3 is 3.17 bits per heavy atom. The number of methoxy groups -OCH3 is 1. The molecule has 1 atom stereocenters. The molecule has 0 bridgehead atoms. The van der Waals surface area contributed by atoms with Crippen LogP contribution in [0, 0.1) is 0 Å². The number of pyridine rings is 1. The fourth-order valence-electron chi connectivity index (χ4n) is 2.73. The molecule has 1 unspecified atom stereocenters. The molecule has 1 aromatic heterocycles. The minimum absolute atomic E-state index is 0.619. The predicted octanol–water partition coefficient (Wildman–Crippen LogP) is 1.79. The van der Waals surface area contributed by atoms with E-state index in [9.17, 15) is 0 Å². The molecule has 1 saturated heterocycles. The minimum atomic E-state index is 0.619. The molecular formula is C14H23N3O. The number of nitrogens with zero attached hydrogens (tertiary/aromatic N) is 2.